The van der Waals surface area contributed by atoms with Crippen LogP contribution in [-0.2, 0) is 6.18 Å². The highest BCUT2D eigenvalue weighted by atomic mass is 19.4. The van der Waals surface area contributed by atoms with E-state index in [1.54, 1.807) is 30.3 Å². The predicted molar refractivity (Wildman–Crippen MR) is 59.4 cm³/mol. The van der Waals surface area contributed by atoms with Gasteiger partial charge in [-0.15, -0.1) is 0 Å². The van der Waals surface area contributed by atoms with Crippen molar-refractivity contribution >= 4 is 0 Å². The number of benzene rings is 1. The second-order valence-corrected chi connectivity index (χ2v) is 3.59. The van der Waals surface area contributed by atoms with Crippen LogP contribution in [0, 0.1) is 11.3 Å². The average Bonchev–Trinajstić information content (AvgIpc) is 2.38. The summed E-state index contributed by atoms with van der Waals surface area (Å²) in [6, 6.07) is 9.60. The molecule has 0 aliphatic carbocycles. The Morgan fingerprint density at radius 3 is 2.28 bits per heavy atom. The van der Waals surface area contributed by atoms with E-state index in [2.05, 4.69) is 4.98 Å². The fraction of sp³-hybridized carbons (Fsp3) is 0.0769. The number of aromatic nitrogens is 1. The van der Waals surface area contributed by atoms with Crippen molar-refractivity contribution in [1.29, 1.82) is 5.26 Å². The Morgan fingerprint density at radius 1 is 1.06 bits per heavy atom. The molecule has 0 N–H and O–H groups in total. The third-order valence-electron chi connectivity index (χ3n) is 2.43. The van der Waals surface area contributed by atoms with Crippen molar-refractivity contribution in [2.45, 2.75) is 6.18 Å². The van der Waals surface area contributed by atoms with Crippen LogP contribution >= 0.6 is 0 Å². The highest BCUT2D eigenvalue weighted by Crippen LogP contribution is 2.38. The fourth-order valence-electron chi connectivity index (χ4n) is 1.69. The van der Waals surface area contributed by atoms with Gasteiger partial charge in [0.05, 0.1) is 11.1 Å². The maximum absolute atomic E-state index is 13.0. The number of pyridine rings is 1. The van der Waals surface area contributed by atoms with Gasteiger partial charge < -0.3 is 0 Å². The molecule has 0 aliphatic rings. The van der Waals surface area contributed by atoms with Gasteiger partial charge in [0.1, 0.15) is 6.07 Å². The number of nitrogens with zero attached hydrogens (tertiary/aromatic N) is 2. The second-order valence-electron chi connectivity index (χ2n) is 3.59. The molecule has 2 aromatic rings. The first-order chi connectivity index (χ1) is 8.54. The third kappa shape index (κ3) is 2.18. The lowest BCUT2D eigenvalue weighted by Gasteiger charge is -2.13. The molecule has 1 aromatic carbocycles. The summed E-state index contributed by atoms with van der Waals surface area (Å²) < 4.78 is 39.0. The van der Waals surface area contributed by atoms with Gasteiger partial charge >= 0.3 is 6.18 Å². The van der Waals surface area contributed by atoms with Gasteiger partial charge in [-0.05, 0) is 5.56 Å². The van der Waals surface area contributed by atoms with Crippen molar-refractivity contribution in [3.8, 4) is 17.2 Å². The molecule has 0 unspecified atom stereocenters. The Balaban J connectivity index is 2.73. The molecule has 0 saturated heterocycles. The van der Waals surface area contributed by atoms with Crippen molar-refractivity contribution in [3.63, 3.8) is 0 Å². The first kappa shape index (κ1) is 12.1. The molecule has 0 amide bonds. The van der Waals surface area contributed by atoms with Gasteiger partial charge in [-0.2, -0.15) is 18.4 Å². The van der Waals surface area contributed by atoms with Gasteiger partial charge in [-0.25, -0.2) is 0 Å². The Morgan fingerprint density at radius 2 is 1.72 bits per heavy atom. The van der Waals surface area contributed by atoms with Crippen LogP contribution in [0.25, 0.3) is 11.1 Å². The number of rotatable bonds is 1. The highest BCUT2D eigenvalue weighted by molar-refractivity contribution is 5.69. The summed E-state index contributed by atoms with van der Waals surface area (Å²) in [5.74, 6) is 0. The van der Waals surface area contributed by atoms with Crippen molar-refractivity contribution in [1.82, 2.24) is 4.98 Å². The van der Waals surface area contributed by atoms with Crippen molar-refractivity contribution in [2.75, 3.05) is 0 Å². The van der Waals surface area contributed by atoms with E-state index in [1.807, 2.05) is 0 Å². The van der Waals surface area contributed by atoms with E-state index < -0.39 is 17.3 Å². The van der Waals surface area contributed by atoms with Crippen LogP contribution in [0.5, 0.6) is 0 Å². The Hall–Kier alpha value is -2.35. The quantitative estimate of drug-likeness (QED) is 0.772. The van der Waals surface area contributed by atoms with E-state index in [9.17, 15) is 13.2 Å². The summed E-state index contributed by atoms with van der Waals surface area (Å²) in [5.41, 5.74) is -1.10. The average molecular weight is 248 g/mol. The molecule has 0 spiro atoms. The number of hydrogen-bond acceptors (Lipinski definition) is 2. The van der Waals surface area contributed by atoms with Crippen LogP contribution in [0.2, 0.25) is 0 Å². The van der Waals surface area contributed by atoms with Crippen LogP contribution in [-0.4, -0.2) is 4.98 Å². The molecule has 0 atom stereocenters. The highest BCUT2D eigenvalue weighted by Gasteiger charge is 2.36. The smallest absolute Gasteiger partial charge is 0.263 e. The van der Waals surface area contributed by atoms with Crippen LogP contribution < -0.4 is 0 Å². The molecule has 2 rings (SSSR count). The monoisotopic (exact) mass is 248 g/mol. The molecule has 1 heterocycles. The second kappa shape index (κ2) is 4.49. The van der Waals surface area contributed by atoms with Gasteiger partial charge in [-0.1, -0.05) is 30.3 Å². The van der Waals surface area contributed by atoms with Crippen LogP contribution in [0.3, 0.4) is 0 Å². The zero-order valence-corrected chi connectivity index (χ0v) is 9.07. The molecule has 0 saturated carbocycles. The van der Waals surface area contributed by atoms with Crippen LogP contribution in [0.1, 0.15) is 11.1 Å². The minimum Gasteiger partial charge on any atom is -0.263 e. The van der Waals surface area contributed by atoms with Gasteiger partial charge in [-0.3, -0.25) is 4.98 Å². The van der Waals surface area contributed by atoms with E-state index >= 15 is 0 Å². The summed E-state index contributed by atoms with van der Waals surface area (Å²) in [5, 5.41) is 8.76. The topological polar surface area (TPSA) is 36.7 Å². The Kier molecular flexibility index (Phi) is 3.02. The molecule has 0 bridgehead atoms. The lowest BCUT2D eigenvalue weighted by molar-refractivity contribution is -0.137. The van der Waals surface area contributed by atoms with E-state index in [1.165, 1.54) is 6.07 Å². The minimum absolute atomic E-state index is 0.0813. The number of hydrogen-bond donors (Lipinski definition) is 0. The zero-order chi connectivity index (χ0) is 13.2. The zero-order valence-electron chi connectivity index (χ0n) is 9.07. The van der Waals surface area contributed by atoms with Gasteiger partial charge in [0, 0.05) is 18.0 Å². The number of nitriles is 1. The summed E-state index contributed by atoms with van der Waals surface area (Å²) in [7, 11) is 0. The first-order valence-corrected chi connectivity index (χ1v) is 5.04. The summed E-state index contributed by atoms with van der Waals surface area (Å²) in [4.78, 5) is 3.68. The molecule has 1 aromatic heterocycles. The minimum atomic E-state index is -4.58. The maximum Gasteiger partial charge on any atom is 0.418 e. The Bertz CT molecular complexity index is 598. The van der Waals surface area contributed by atoms with Crippen molar-refractivity contribution in [2.24, 2.45) is 0 Å². The maximum atomic E-state index is 13.0. The molecular weight excluding hydrogens is 241 g/mol. The Labute approximate surface area is 101 Å². The SMILES string of the molecule is N#Cc1cncc(-c2ccccc2)c1C(F)(F)F. The fourth-order valence-corrected chi connectivity index (χ4v) is 1.69. The predicted octanol–water partition coefficient (Wildman–Crippen LogP) is 3.64. The standard InChI is InChI=1S/C13H7F3N2/c14-13(15,16)12-10(6-17)7-18-8-11(12)9-4-2-1-3-5-9/h1-5,7-8H. The van der Waals surface area contributed by atoms with Crippen LogP contribution in [0.4, 0.5) is 13.2 Å². The number of alkyl halides is 3. The first-order valence-electron chi connectivity index (χ1n) is 5.04. The van der Waals surface area contributed by atoms with Gasteiger partial charge in [0.2, 0.25) is 0 Å². The summed E-state index contributed by atoms with van der Waals surface area (Å²) in [6.45, 7) is 0. The van der Waals surface area contributed by atoms with E-state index in [0.29, 0.717) is 5.56 Å². The van der Waals surface area contributed by atoms with Crippen LogP contribution in [0.15, 0.2) is 42.7 Å². The molecule has 5 heteroatoms. The number of halogens is 3. The van der Waals surface area contributed by atoms with E-state index in [4.69, 9.17) is 5.26 Å². The largest absolute Gasteiger partial charge is 0.418 e. The molecule has 0 fully saturated rings. The molecule has 0 radical (unpaired) electrons. The van der Waals surface area contributed by atoms with Crippen molar-refractivity contribution < 1.29 is 13.2 Å². The lowest BCUT2D eigenvalue weighted by Crippen LogP contribution is -2.10. The molecule has 2 nitrogen and oxygen atoms in total. The molecule has 0 aliphatic heterocycles. The lowest BCUT2D eigenvalue weighted by atomic mass is 9.98. The summed E-state index contributed by atoms with van der Waals surface area (Å²) >= 11 is 0. The normalized spacial score (nSPS) is 11.0. The van der Waals surface area contributed by atoms with Crippen molar-refractivity contribution in [3.05, 3.63) is 53.9 Å². The van der Waals surface area contributed by atoms with Gasteiger partial charge in [0.25, 0.3) is 0 Å². The molecule has 90 valence electrons. The van der Waals surface area contributed by atoms with E-state index in [-0.39, 0.29) is 5.56 Å². The van der Waals surface area contributed by atoms with E-state index in [0.717, 1.165) is 12.4 Å². The van der Waals surface area contributed by atoms with Gasteiger partial charge in [0.15, 0.2) is 0 Å². The third-order valence-corrected chi connectivity index (χ3v) is 2.43. The molecular formula is C13H7F3N2. The summed E-state index contributed by atoms with van der Waals surface area (Å²) in [6.07, 6.45) is -2.53. The molecule has 18 heavy (non-hydrogen) atoms.